The van der Waals surface area contributed by atoms with E-state index in [-0.39, 0.29) is 31.3 Å². The minimum absolute atomic E-state index is 0. The van der Waals surface area contributed by atoms with Gasteiger partial charge < -0.3 is 20.3 Å². The lowest BCUT2D eigenvalue weighted by Crippen LogP contribution is -2.31. The number of hydrogen-bond donors (Lipinski definition) is 2. The number of nitrogens with two attached hydrogens (primary N) is 1. The summed E-state index contributed by atoms with van der Waals surface area (Å²) in [6.45, 7) is -0.0861. The molecule has 0 bridgehead atoms. The highest BCUT2D eigenvalue weighted by Crippen LogP contribution is 2.34. The first-order chi connectivity index (χ1) is 13.8. The minimum atomic E-state index is -4.57. The maximum atomic E-state index is 13.3. The summed E-state index contributed by atoms with van der Waals surface area (Å²) in [7, 11) is 1.51. The molecule has 30 heavy (non-hydrogen) atoms. The van der Waals surface area contributed by atoms with Crippen LogP contribution in [0.3, 0.4) is 0 Å². The summed E-state index contributed by atoms with van der Waals surface area (Å²) >= 11 is 0. The quantitative estimate of drug-likeness (QED) is 0.582. The van der Waals surface area contributed by atoms with E-state index in [2.05, 4.69) is 5.10 Å². The van der Waals surface area contributed by atoms with Crippen molar-refractivity contribution in [2.45, 2.75) is 12.2 Å². The normalized spacial score (nSPS) is 12.2. The molecule has 0 fully saturated rings. The van der Waals surface area contributed by atoms with Crippen LogP contribution in [0.2, 0.25) is 0 Å². The Labute approximate surface area is 177 Å². The Kier molecular flexibility index (Phi) is 7.71. The number of aliphatic hydroxyl groups excluding tert-OH is 1. The van der Waals surface area contributed by atoms with Crippen molar-refractivity contribution in [2.24, 2.45) is 5.73 Å². The van der Waals surface area contributed by atoms with Crippen LogP contribution in [0.1, 0.15) is 5.69 Å². The van der Waals surface area contributed by atoms with E-state index in [1.165, 1.54) is 11.8 Å². The Balaban J connectivity index is 0.00000320. The molecule has 3 N–H and O–H groups in total. The molecule has 3 rings (SSSR count). The molecular formula is C20H21ClF3N3O3. The van der Waals surface area contributed by atoms with Gasteiger partial charge in [-0.1, -0.05) is 0 Å². The highest BCUT2D eigenvalue weighted by atomic mass is 35.5. The third-order valence-electron chi connectivity index (χ3n) is 4.17. The molecule has 0 saturated carbocycles. The first kappa shape index (κ1) is 23.5. The lowest BCUT2D eigenvalue weighted by atomic mass is 10.1. The van der Waals surface area contributed by atoms with Gasteiger partial charge in [-0.05, 0) is 54.6 Å². The Morgan fingerprint density at radius 1 is 1.07 bits per heavy atom. The van der Waals surface area contributed by atoms with E-state index in [1.54, 1.807) is 48.5 Å². The third kappa shape index (κ3) is 5.44. The largest absolute Gasteiger partial charge is 0.497 e. The van der Waals surface area contributed by atoms with Crippen molar-refractivity contribution in [1.29, 1.82) is 0 Å². The predicted molar refractivity (Wildman–Crippen MR) is 108 cm³/mol. The number of alkyl halides is 3. The zero-order valence-electron chi connectivity index (χ0n) is 16.0. The van der Waals surface area contributed by atoms with Crippen LogP contribution in [-0.4, -0.2) is 41.3 Å². The molecule has 1 aromatic heterocycles. The zero-order valence-corrected chi connectivity index (χ0v) is 16.8. The molecule has 2 aromatic carbocycles. The summed E-state index contributed by atoms with van der Waals surface area (Å²) in [5.41, 5.74) is 5.87. The predicted octanol–water partition coefficient (Wildman–Crippen LogP) is 3.69. The molecule has 10 heteroatoms. The van der Waals surface area contributed by atoms with E-state index in [0.717, 1.165) is 6.07 Å². The van der Waals surface area contributed by atoms with Gasteiger partial charge in [-0.15, -0.1) is 12.4 Å². The number of rotatable bonds is 7. The summed E-state index contributed by atoms with van der Waals surface area (Å²) in [6, 6.07) is 13.6. The van der Waals surface area contributed by atoms with Gasteiger partial charge in [0.1, 0.15) is 18.1 Å². The van der Waals surface area contributed by atoms with Crippen molar-refractivity contribution in [3.63, 3.8) is 0 Å². The van der Waals surface area contributed by atoms with Crippen LogP contribution in [0, 0.1) is 0 Å². The van der Waals surface area contributed by atoms with Crippen LogP contribution >= 0.6 is 12.4 Å². The summed E-state index contributed by atoms with van der Waals surface area (Å²) in [6.07, 6.45) is -4.57. The summed E-state index contributed by atoms with van der Waals surface area (Å²) in [4.78, 5) is 0. The lowest BCUT2D eigenvalue weighted by molar-refractivity contribution is -0.141. The van der Waals surface area contributed by atoms with E-state index < -0.39 is 17.9 Å². The van der Waals surface area contributed by atoms with Crippen molar-refractivity contribution in [3.05, 3.63) is 60.3 Å². The number of aromatic nitrogens is 2. The maximum absolute atomic E-state index is 13.3. The highest BCUT2D eigenvalue weighted by Gasteiger charge is 2.35. The lowest BCUT2D eigenvalue weighted by Gasteiger charge is -2.12. The van der Waals surface area contributed by atoms with Crippen molar-refractivity contribution >= 4 is 12.4 Å². The van der Waals surface area contributed by atoms with Crippen LogP contribution in [-0.2, 0) is 6.18 Å². The van der Waals surface area contributed by atoms with Gasteiger partial charge in [0, 0.05) is 5.56 Å². The Hall–Kier alpha value is -2.75. The first-order valence-corrected chi connectivity index (χ1v) is 8.73. The molecule has 162 valence electrons. The molecule has 0 aliphatic heterocycles. The van der Waals surface area contributed by atoms with Gasteiger partial charge in [0.05, 0.1) is 31.1 Å². The van der Waals surface area contributed by atoms with Gasteiger partial charge in [0.2, 0.25) is 0 Å². The minimum Gasteiger partial charge on any atom is -0.497 e. The smallest absolute Gasteiger partial charge is 0.435 e. The van der Waals surface area contributed by atoms with Crippen LogP contribution in [0.5, 0.6) is 11.5 Å². The molecule has 0 spiro atoms. The highest BCUT2D eigenvalue weighted by molar-refractivity contribution is 5.85. The van der Waals surface area contributed by atoms with Crippen molar-refractivity contribution in [2.75, 3.05) is 20.3 Å². The summed E-state index contributed by atoms with van der Waals surface area (Å²) < 4.78 is 51.5. The fourth-order valence-electron chi connectivity index (χ4n) is 2.62. The van der Waals surface area contributed by atoms with Gasteiger partial charge in [-0.3, -0.25) is 0 Å². The molecule has 0 amide bonds. The number of halogens is 4. The van der Waals surface area contributed by atoms with E-state index in [0.29, 0.717) is 22.7 Å². The Morgan fingerprint density at radius 3 is 2.20 bits per heavy atom. The van der Waals surface area contributed by atoms with Crippen molar-refractivity contribution < 1.29 is 27.8 Å². The van der Waals surface area contributed by atoms with Crippen LogP contribution in [0.25, 0.3) is 16.9 Å². The molecule has 0 aliphatic rings. The second-order valence-electron chi connectivity index (χ2n) is 6.30. The van der Waals surface area contributed by atoms with E-state index in [4.69, 9.17) is 20.3 Å². The molecule has 6 nitrogen and oxygen atoms in total. The molecule has 1 heterocycles. The van der Waals surface area contributed by atoms with E-state index >= 15 is 0 Å². The molecular weight excluding hydrogens is 423 g/mol. The van der Waals surface area contributed by atoms with Gasteiger partial charge >= 0.3 is 6.18 Å². The van der Waals surface area contributed by atoms with Crippen molar-refractivity contribution in [3.8, 4) is 28.4 Å². The SMILES string of the molecule is COc1ccc(-n2nc(C(F)(F)F)cc2-c2ccc(OCC(N)CO)cc2)cc1.Cl. The zero-order chi connectivity index (χ0) is 21.0. The van der Waals surface area contributed by atoms with Gasteiger partial charge in [0.25, 0.3) is 0 Å². The topological polar surface area (TPSA) is 82.5 Å². The second-order valence-corrected chi connectivity index (χ2v) is 6.30. The average molecular weight is 444 g/mol. The Bertz CT molecular complexity index is 945. The average Bonchev–Trinajstić information content (AvgIpc) is 3.18. The summed E-state index contributed by atoms with van der Waals surface area (Å²) in [5.74, 6) is 1.07. The van der Waals surface area contributed by atoms with Gasteiger partial charge in [-0.25, -0.2) is 4.68 Å². The van der Waals surface area contributed by atoms with Crippen LogP contribution in [0.4, 0.5) is 13.2 Å². The molecule has 3 aromatic rings. The summed E-state index contributed by atoms with van der Waals surface area (Å²) in [5, 5.41) is 12.7. The second kappa shape index (κ2) is 9.84. The van der Waals surface area contributed by atoms with E-state index in [1.807, 2.05) is 0 Å². The number of hydrogen-bond acceptors (Lipinski definition) is 5. The fourth-order valence-corrected chi connectivity index (χ4v) is 2.62. The maximum Gasteiger partial charge on any atom is 0.435 e. The molecule has 0 aliphatic carbocycles. The number of ether oxygens (including phenoxy) is 2. The number of methoxy groups -OCH3 is 1. The van der Waals surface area contributed by atoms with Crippen LogP contribution in [0.15, 0.2) is 54.6 Å². The Morgan fingerprint density at radius 2 is 1.67 bits per heavy atom. The number of aliphatic hydroxyl groups is 1. The van der Waals surface area contributed by atoms with Crippen LogP contribution < -0.4 is 15.2 Å². The number of benzene rings is 2. The molecule has 1 unspecified atom stereocenters. The van der Waals surface area contributed by atoms with Gasteiger partial charge in [-0.2, -0.15) is 18.3 Å². The monoisotopic (exact) mass is 443 g/mol. The standard InChI is InChI=1S/C20H20F3N3O3.ClH/c1-28-16-8-4-15(5-9-16)26-18(10-19(25-26)20(21,22)23)13-2-6-17(7-3-13)29-12-14(24)11-27;/h2-10,14,27H,11-12,24H2,1H3;1H. The van der Waals surface area contributed by atoms with E-state index in [9.17, 15) is 13.2 Å². The molecule has 0 saturated heterocycles. The molecule has 1 atom stereocenters. The fraction of sp³-hybridized carbons (Fsp3) is 0.250. The first-order valence-electron chi connectivity index (χ1n) is 8.73. The van der Waals surface area contributed by atoms with Crippen molar-refractivity contribution in [1.82, 2.24) is 9.78 Å². The third-order valence-corrected chi connectivity index (χ3v) is 4.17. The number of nitrogens with zero attached hydrogens (tertiary/aromatic N) is 2. The molecule has 0 radical (unpaired) electrons. The van der Waals surface area contributed by atoms with Gasteiger partial charge in [0.15, 0.2) is 5.69 Å².